The SMILES string of the molecule is CC(C=O)CC(=O)OCNC(=O)c1ccccc1. The van der Waals surface area contributed by atoms with Crippen LogP contribution in [0.5, 0.6) is 0 Å². The van der Waals surface area contributed by atoms with Crippen LogP contribution in [-0.4, -0.2) is 24.9 Å². The highest BCUT2D eigenvalue weighted by Gasteiger charge is 2.10. The number of esters is 1. The Bertz CT molecular complexity index is 416. The zero-order chi connectivity index (χ0) is 13.4. The van der Waals surface area contributed by atoms with Crippen molar-refractivity contribution >= 4 is 18.2 Å². The molecule has 0 saturated carbocycles. The minimum Gasteiger partial charge on any atom is -0.444 e. The smallest absolute Gasteiger partial charge is 0.308 e. The standard InChI is InChI=1S/C13H15NO4/c1-10(8-15)7-12(16)18-9-14-13(17)11-5-3-2-4-6-11/h2-6,8,10H,7,9H2,1H3,(H,14,17). The molecule has 5 nitrogen and oxygen atoms in total. The summed E-state index contributed by atoms with van der Waals surface area (Å²) in [6, 6.07) is 8.61. The number of nitrogens with one attached hydrogen (secondary N) is 1. The van der Waals surface area contributed by atoms with Crippen LogP contribution in [0.2, 0.25) is 0 Å². The van der Waals surface area contributed by atoms with E-state index >= 15 is 0 Å². The monoisotopic (exact) mass is 249 g/mol. The fourth-order valence-corrected chi connectivity index (χ4v) is 1.24. The Hall–Kier alpha value is -2.17. The van der Waals surface area contributed by atoms with Crippen molar-refractivity contribution in [2.45, 2.75) is 13.3 Å². The molecule has 18 heavy (non-hydrogen) atoms. The third-order valence-corrected chi connectivity index (χ3v) is 2.22. The first kappa shape index (κ1) is 13.9. The van der Waals surface area contributed by atoms with Gasteiger partial charge in [-0.3, -0.25) is 9.59 Å². The molecule has 0 fully saturated rings. The summed E-state index contributed by atoms with van der Waals surface area (Å²) in [6.07, 6.45) is 0.703. The van der Waals surface area contributed by atoms with Crippen molar-refractivity contribution in [3.8, 4) is 0 Å². The average Bonchev–Trinajstić information content (AvgIpc) is 2.39. The van der Waals surface area contributed by atoms with E-state index in [1.165, 1.54) is 0 Å². The van der Waals surface area contributed by atoms with Crippen LogP contribution >= 0.6 is 0 Å². The summed E-state index contributed by atoms with van der Waals surface area (Å²) < 4.78 is 4.78. The summed E-state index contributed by atoms with van der Waals surface area (Å²) in [5, 5.41) is 2.45. The van der Waals surface area contributed by atoms with Crippen molar-refractivity contribution in [1.82, 2.24) is 5.32 Å². The van der Waals surface area contributed by atoms with Gasteiger partial charge in [-0.2, -0.15) is 0 Å². The lowest BCUT2D eigenvalue weighted by Gasteiger charge is -2.07. The van der Waals surface area contributed by atoms with Crippen LogP contribution < -0.4 is 5.32 Å². The molecule has 1 N–H and O–H groups in total. The Kier molecular flexibility index (Phi) is 5.57. The normalized spacial score (nSPS) is 11.4. The van der Waals surface area contributed by atoms with E-state index in [4.69, 9.17) is 4.74 Å². The van der Waals surface area contributed by atoms with E-state index in [1.807, 2.05) is 0 Å². The van der Waals surface area contributed by atoms with E-state index in [0.717, 1.165) is 0 Å². The number of carbonyl (C=O) groups excluding carboxylic acids is 3. The topological polar surface area (TPSA) is 72.5 Å². The Morgan fingerprint density at radius 3 is 2.61 bits per heavy atom. The predicted octanol–water partition coefficient (Wildman–Crippen LogP) is 1.14. The largest absolute Gasteiger partial charge is 0.444 e. The molecule has 1 aromatic rings. The van der Waals surface area contributed by atoms with Crippen LogP contribution in [0, 0.1) is 5.92 Å². The molecule has 1 aromatic carbocycles. The lowest BCUT2D eigenvalue weighted by molar-refractivity contribution is -0.145. The van der Waals surface area contributed by atoms with Gasteiger partial charge in [-0.25, -0.2) is 0 Å². The number of carbonyl (C=O) groups is 3. The first-order valence-electron chi connectivity index (χ1n) is 5.57. The van der Waals surface area contributed by atoms with E-state index in [-0.39, 0.29) is 25.0 Å². The van der Waals surface area contributed by atoms with Crippen LogP contribution in [0.3, 0.4) is 0 Å². The first-order valence-corrected chi connectivity index (χ1v) is 5.57. The number of amides is 1. The summed E-state index contributed by atoms with van der Waals surface area (Å²) in [6.45, 7) is 1.43. The highest BCUT2D eigenvalue weighted by atomic mass is 16.5. The van der Waals surface area contributed by atoms with Gasteiger partial charge in [0, 0.05) is 11.5 Å². The van der Waals surface area contributed by atoms with E-state index in [9.17, 15) is 14.4 Å². The Labute approximate surface area is 105 Å². The van der Waals surface area contributed by atoms with Gasteiger partial charge in [0.1, 0.15) is 6.29 Å². The van der Waals surface area contributed by atoms with Crippen molar-refractivity contribution in [3.63, 3.8) is 0 Å². The van der Waals surface area contributed by atoms with Gasteiger partial charge in [0.2, 0.25) is 0 Å². The summed E-state index contributed by atoms with van der Waals surface area (Å²) in [5.74, 6) is -1.20. The molecule has 0 heterocycles. The van der Waals surface area contributed by atoms with E-state index in [1.54, 1.807) is 37.3 Å². The molecule has 0 aliphatic heterocycles. The molecule has 1 amide bonds. The number of hydrogen-bond donors (Lipinski definition) is 1. The molecule has 1 atom stereocenters. The van der Waals surface area contributed by atoms with Crippen molar-refractivity contribution in [2.24, 2.45) is 5.92 Å². The van der Waals surface area contributed by atoms with Crippen LogP contribution in [-0.2, 0) is 14.3 Å². The summed E-state index contributed by atoms with van der Waals surface area (Å²) >= 11 is 0. The van der Waals surface area contributed by atoms with Crippen LogP contribution in [0.15, 0.2) is 30.3 Å². The van der Waals surface area contributed by atoms with E-state index < -0.39 is 5.97 Å². The van der Waals surface area contributed by atoms with E-state index in [0.29, 0.717) is 11.8 Å². The van der Waals surface area contributed by atoms with Gasteiger partial charge in [-0.05, 0) is 12.1 Å². The maximum Gasteiger partial charge on any atom is 0.308 e. The fraction of sp³-hybridized carbons (Fsp3) is 0.308. The Morgan fingerprint density at radius 1 is 1.33 bits per heavy atom. The Balaban J connectivity index is 2.28. The number of benzene rings is 1. The molecule has 0 spiro atoms. The first-order chi connectivity index (χ1) is 8.63. The summed E-state index contributed by atoms with van der Waals surface area (Å²) in [7, 11) is 0. The second-order valence-corrected chi connectivity index (χ2v) is 3.85. The van der Waals surface area contributed by atoms with Gasteiger partial charge in [0.25, 0.3) is 5.91 Å². The van der Waals surface area contributed by atoms with Gasteiger partial charge >= 0.3 is 5.97 Å². The molecule has 0 bridgehead atoms. The van der Waals surface area contributed by atoms with E-state index in [2.05, 4.69) is 5.32 Å². The lowest BCUT2D eigenvalue weighted by atomic mass is 10.1. The zero-order valence-corrected chi connectivity index (χ0v) is 10.1. The molecule has 1 unspecified atom stereocenters. The molecule has 0 saturated heterocycles. The highest BCUT2D eigenvalue weighted by Crippen LogP contribution is 2.00. The number of aldehydes is 1. The van der Waals surface area contributed by atoms with Gasteiger partial charge in [-0.15, -0.1) is 0 Å². The van der Waals surface area contributed by atoms with Crippen LogP contribution in [0.25, 0.3) is 0 Å². The van der Waals surface area contributed by atoms with Crippen LogP contribution in [0.1, 0.15) is 23.7 Å². The number of rotatable bonds is 6. The zero-order valence-electron chi connectivity index (χ0n) is 10.1. The molecule has 0 radical (unpaired) electrons. The maximum absolute atomic E-state index is 11.5. The Morgan fingerprint density at radius 2 is 2.00 bits per heavy atom. The molecular weight excluding hydrogens is 234 g/mol. The van der Waals surface area contributed by atoms with Gasteiger partial charge in [0.05, 0.1) is 6.42 Å². The highest BCUT2D eigenvalue weighted by molar-refractivity contribution is 5.94. The molecule has 96 valence electrons. The van der Waals surface area contributed by atoms with Gasteiger partial charge in [0.15, 0.2) is 6.73 Å². The van der Waals surface area contributed by atoms with Crippen molar-refractivity contribution in [2.75, 3.05) is 6.73 Å². The number of hydrogen-bond acceptors (Lipinski definition) is 4. The minimum absolute atomic E-state index is 0.0186. The maximum atomic E-state index is 11.5. The average molecular weight is 249 g/mol. The third-order valence-electron chi connectivity index (χ3n) is 2.22. The second kappa shape index (κ2) is 7.21. The molecule has 0 aromatic heterocycles. The second-order valence-electron chi connectivity index (χ2n) is 3.85. The molecule has 1 rings (SSSR count). The van der Waals surface area contributed by atoms with Crippen molar-refractivity contribution in [1.29, 1.82) is 0 Å². The van der Waals surface area contributed by atoms with Gasteiger partial charge in [-0.1, -0.05) is 25.1 Å². The van der Waals surface area contributed by atoms with Crippen molar-refractivity contribution in [3.05, 3.63) is 35.9 Å². The third kappa shape index (κ3) is 4.78. The quantitative estimate of drug-likeness (QED) is 0.466. The van der Waals surface area contributed by atoms with Crippen LogP contribution in [0.4, 0.5) is 0 Å². The molecular formula is C13H15NO4. The van der Waals surface area contributed by atoms with Gasteiger partial charge < -0.3 is 14.8 Å². The molecule has 0 aliphatic carbocycles. The van der Waals surface area contributed by atoms with Crippen molar-refractivity contribution < 1.29 is 19.1 Å². The fourth-order valence-electron chi connectivity index (χ4n) is 1.24. The number of ether oxygens (including phenoxy) is 1. The lowest BCUT2D eigenvalue weighted by Crippen LogP contribution is -2.28. The summed E-state index contributed by atoms with van der Waals surface area (Å²) in [5.41, 5.74) is 0.495. The molecule has 0 aliphatic rings. The minimum atomic E-state index is -0.511. The summed E-state index contributed by atoms with van der Waals surface area (Å²) in [4.78, 5) is 33.1. The molecule has 5 heteroatoms. The predicted molar refractivity (Wildman–Crippen MR) is 64.7 cm³/mol.